The van der Waals surface area contributed by atoms with Crippen molar-refractivity contribution < 1.29 is 24.2 Å². The Morgan fingerprint density at radius 3 is 2.29 bits per heavy atom. The second-order valence-electron chi connectivity index (χ2n) is 5.10. The summed E-state index contributed by atoms with van der Waals surface area (Å²) in [6.07, 6.45) is 0.141. The molecule has 0 saturated heterocycles. The predicted molar refractivity (Wildman–Crippen MR) is 86.0 cm³/mol. The molecule has 0 radical (unpaired) electrons. The molecular formula is C18H18NO5-. The van der Waals surface area contributed by atoms with E-state index in [9.17, 15) is 14.7 Å². The number of rotatable bonds is 7. The minimum Gasteiger partial charge on any atom is -0.548 e. The number of benzene rings is 2. The van der Waals surface area contributed by atoms with E-state index in [0.717, 1.165) is 5.56 Å². The molecule has 1 atom stereocenters. The van der Waals surface area contributed by atoms with E-state index in [4.69, 9.17) is 9.47 Å². The second-order valence-corrected chi connectivity index (χ2v) is 5.10. The Bertz CT molecular complexity index is 715. The zero-order valence-electron chi connectivity index (χ0n) is 13.4. The van der Waals surface area contributed by atoms with E-state index in [2.05, 4.69) is 5.32 Å². The third-order valence-electron chi connectivity index (χ3n) is 3.52. The normalized spacial score (nSPS) is 11.4. The maximum atomic E-state index is 12.3. The van der Waals surface area contributed by atoms with Crippen LogP contribution in [0, 0.1) is 0 Å². The monoisotopic (exact) mass is 328 g/mol. The van der Waals surface area contributed by atoms with Crippen molar-refractivity contribution in [2.24, 2.45) is 0 Å². The van der Waals surface area contributed by atoms with Gasteiger partial charge in [-0.15, -0.1) is 0 Å². The molecular weight excluding hydrogens is 310 g/mol. The van der Waals surface area contributed by atoms with Gasteiger partial charge in [-0.25, -0.2) is 0 Å². The van der Waals surface area contributed by atoms with E-state index in [-0.39, 0.29) is 12.0 Å². The smallest absolute Gasteiger partial charge is 0.251 e. The van der Waals surface area contributed by atoms with Crippen molar-refractivity contribution in [3.63, 3.8) is 0 Å². The number of hydrogen-bond donors (Lipinski definition) is 1. The van der Waals surface area contributed by atoms with Gasteiger partial charge in [0.2, 0.25) is 0 Å². The number of nitrogens with one attached hydrogen (secondary N) is 1. The fourth-order valence-corrected chi connectivity index (χ4v) is 2.26. The third kappa shape index (κ3) is 4.25. The number of aliphatic carboxylic acids is 1. The number of carbonyl (C=O) groups excluding carboxylic acids is 2. The highest BCUT2D eigenvalue weighted by atomic mass is 16.5. The summed E-state index contributed by atoms with van der Waals surface area (Å²) in [5, 5.41) is 13.8. The second kappa shape index (κ2) is 8.01. The van der Waals surface area contributed by atoms with Gasteiger partial charge in [0.05, 0.1) is 26.2 Å². The third-order valence-corrected chi connectivity index (χ3v) is 3.52. The van der Waals surface area contributed by atoms with Crippen molar-refractivity contribution >= 4 is 11.9 Å². The number of carboxylic acids is 1. The minimum atomic E-state index is -1.34. The lowest BCUT2D eigenvalue weighted by molar-refractivity contribution is -0.308. The van der Waals surface area contributed by atoms with Crippen molar-refractivity contribution in [2.75, 3.05) is 14.2 Å². The molecule has 1 N–H and O–H groups in total. The summed E-state index contributed by atoms with van der Waals surface area (Å²) < 4.78 is 10.2. The first-order chi connectivity index (χ1) is 11.5. The number of hydrogen-bond acceptors (Lipinski definition) is 5. The summed E-state index contributed by atoms with van der Waals surface area (Å²) in [6, 6.07) is 12.5. The molecule has 2 rings (SSSR count). The summed E-state index contributed by atoms with van der Waals surface area (Å²) in [5.74, 6) is -0.998. The molecule has 0 spiro atoms. The van der Waals surface area contributed by atoms with Crippen molar-refractivity contribution in [3.8, 4) is 11.5 Å². The summed E-state index contributed by atoms with van der Waals surface area (Å²) >= 11 is 0. The summed E-state index contributed by atoms with van der Waals surface area (Å²) in [4.78, 5) is 23.6. The van der Waals surface area contributed by atoms with E-state index in [1.54, 1.807) is 30.3 Å². The summed E-state index contributed by atoms with van der Waals surface area (Å²) in [6.45, 7) is 0. The van der Waals surface area contributed by atoms with Crippen LogP contribution in [0.1, 0.15) is 15.9 Å². The highest BCUT2D eigenvalue weighted by Gasteiger charge is 2.17. The maximum absolute atomic E-state index is 12.3. The Labute approximate surface area is 140 Å². The van der Waals surface area contributed by atoms with Crippen LogP contribution in [-0.2, 0) is 11.2 Å². The molecule has 0 aliphatic heterocycles. The average Bonchev–Trinajstić information content (AvgIpc) is 2.61. The molecule has 0 fully saturated rings. The molecule has 0 bridgehead atoms. The molecule has 24 heavy (non-hydrogen) atoms. The van der Waals surface area contributed by atoms with Gasteiger partial charge >= 0.3 is 0 Å². The number of ether oxygens (including phenoxy) is 2. The summed E-state index contributed by atoms with van der Waals surface area (Å²) in [7, 11) is 2.95. The highest BCUT2D eigenvalue weighted by molar-refractivity contribution is 5.97. The lowest BCUT2D eigenvalue weighted by Gasteiger charge is -2.20. The van der Waals surface area contributed by atoms with Gasteiger partial charge in [-0.2, -0.15) is 0 Å². The van der Waals surface area contributed by atoms with Crippen LogP contribution in [0.2, 0.25) is 0 Å². The molecule has 2 aromatic carbocycles. The molecule has 2 aromatic rings. The van der Waals surface area contributed by atoms with Gasteiger partial charge in [0.25, 0.3) is 5.91 Å². The Hall–Kier alpha value is -3.02. The minimum absolute atomic E-state index is 0.141. The molecule has 0 aliphatic carbocycles. The van der Waals surface area contributed by atoms with Crippen LogP contribution in [-0.4, -0.2) is 32.1 Å². The van der Waals surface area contributed by atoms with Crippen molar-refractivity contribution in [2.45, 2.75) is 12.5 Å². The van der Waals surface area contributed by atoms with Crippen LogP contribution in [0.5, 0.6) is 11.5 Å². The number of amides is 1. The Kier molecular flexibility index (Phi) is 5.78. The molecule has 0 aromatic heterocycles. The van der Waals surface area contributed by atoms with Gasteiger partial charge < -0.3 is 24.7 Å². The van der Waals surface area contributed by atoms with Gasteiger partial charge in [0.1, 0.15) is 0 Å². The molecule has 126 valence electrons. The van der Waals surface area contributed by atoms with Crippen LogP contribution >= 0.6 is 0 Å². The van der Waals surface area contributed by atoms with Crippen LogP contribution in [0.25, 0.3) is 0 Å². The molecule has 0 aliphatic rings. The lowest BCUT2D eigenvalue weighted by atomic mass is 10.1. The van der Waals surface area contributed by atoms with Crippen LogP contribution < -0.4 is 19.9 Å². The van der Waals surface area contributed by atoms with E-state index in [1.165, 1.54) is 26.4 Å². The topological polar surface area (TPSA) is 87.7 Å². The largest absolute Gasteiger partial charge is 0.548 e. The van der Waals surface area contributed by atoms with Gasteiger partial charge in [0.15, 0.2) is 11.5 Å². The first-order valence-corrected chi connectivity index (χ1v) is 7.32. The lowest BCUT2D eigenvalue weighted by Crippen LogP contribution is -2.49. The Balaban J connectivity index is 2.14. The van der Waals surface area contributed by atoms with Crippen LogP contribution in [0.3, 0.4) is 0 Å². The fourth-order valence-electron chi connectivity index (χ4n) is 2.26. The molecule has 0 heterocycles. The Morgan fingerprint density at radius 2 is 1.71 bits per heavy atom. The van der Waals surface area contributed by atoms with Crippen LogP contribution in [0.4, 0.5) is 0 Å². The number of methoxy groups -OCH3 is 2. The van der Waals surface area contributed by atoms with Crippen molar-refractivity contribution in [1.29, 1.82) is 0 Å². The molecule has 1 amide bonds. The molecule has 6 nitrogen and oxygen atoms in total. The quantitative estimate of drug-likeness (QED) is 0.812. The Morgan fingerprint density at radius 1 is 1.04 bits per heavy atom. The SMILES string of the molecule is COc1ccc(C(=O)N[C@@H](Cc2ccccc2)C(=O)[O-])cc1OC. The standard InChI is InChI=1S/C18H19NO5/c1-23-15-9-8-13(11-16(15)24-2)17(20)19-14(18(21)22)10-12-6-4-3-5-7-12/h3-9,11,14H,10H2,1-2H3,(H,19,20)(H,21,22)/p-1/t14-/m0/s1. The number of carboxylic acid groups (broad SMARTS) is 1. The van der Waals surface area contributed by atoms with Gasteiger partial charge in [-0.1, -0.05) is 30.3 Å². The van der Waals surface area contributed by atoms with Crippen molar-refractivity contribution in [3.05, 3.63) is 59.7 Å². The molecule has 0 saturated carbocycles. The first-order valence-electron chi connectivity index (χ1n) is 7.32. The van der Waals surface area contributed by atoms with E-state index < -0.39 is 17.9 Å². The van der Waals surface area contributed by atoms with Gasteiger partial charge in [-0.3, -0.25) is 4.79 Å². The van der Waals surface area contributed by atoms with Gasteiger partial charge in [-0.05, 0) is 30.2 Å². The highest BCUT2D eigenvalue weighted by Crippen LogP contribution is 2.27. The van der Waals surface area contributed by atoms with Gasteiger partial charge in [0, 0.05) is 5.56 Å². The average molecular weight is 328 g/mol. The van der Waals surface area contributed by atoms with E-state index >= 15 is 0 Å². The zero-order chi connectivity index (χ0) is 17.5. The number of carbonyl (C=O) groups is 2. The van der Waals surface area contributed by atoms with Crippen LogP contribution in [0.15, 0.2) is 48.5 Å². The van der Waals surface area contributed by atoms with E-state index in [1.807, 2.05) is 6.07 Å². The first kappa shape index (κ1) is 17.3. The van der Waals surface area contributed by atoms with E-state index in [0.29, 0.717) is 11.5 Å². The molecule has 0 unspecified atom stereocenters. The maximum Gasteiger partial charge on any atom is 0.251 e. The predicted octanol–water partition coefficient (Wildman–Crippen LogP) is 0.795. The zero-order valence-corrected chi connectivity index (χ0v) is 13.4. The summed E-state index contributed by atoms with van der Waals surface area (Å²) in [5.41, 5.74) is 1.06. The fraction of sp³-hybridized carbons (Fsp3) is 0.222. The molecule has 6 heteroatoms. The van der Waals surface area contributed by atoms with Crippen molar-refractivity contribution in [1.82, 2.24) is 5.32 Å².